The van der Waals surface area contributed by atoms with E-state index in [1.807, 2.05) is 25.1 Å². The third kappa shape index (κ3) is 6.95. The van der Waals surface area contributed by atoms with Crippen LogP contribution in [0.2, 0.25) is 0 Å². The second-order valence-corrected chi connectivity index (χ2v) is 8.58. The van der Waals surface area contributed by atoms with Crippen LogP contribution in [-0.2, 0) is 19.1 Å². The van der Waals surface area contributed by atoms with Crippen molar-refractivity contribution < 1.29 is 28.7 Å². The summed E-state index contributed by atoms with van der Waals surface area (Å²) in [6.07, 6.45) is 1.23. The second-order valence-electron chi connectivity index (χ2n) is 7.58. The number of carbonyl (C=O) groups is 4. The van der Waals surface area contributed by atoms with Crippen molar-refractivity contribution in [2.24, 2.45) is 0 Å². The number of aryl methyl sites for hydroxylation is 1. The summed E-state index contributed by atoms with van der Waals surface area (Å²) in [6.45, 7) is 4.75. The van der Waals surface area contributed by atoms with Crippen molar-refractivity contribution in [3.8, 4) is 5.75 Å². The first-order chi connectivity index (χ1) is 15.7. The Hall–Kier alpha value is -3.59. The number of nitrogens with zero attached hydrogens (tertiary/aromatic N) is 1. The highest BCUT2D eigenvalue weighted by molar-refractivity contribution is 8.18. The number of imide groups is 1. The van der Waals surface area contributed by atoms with Crippen molar-refractivity contribution in [3.63, 3.8) is 0 Å². The van der Waals surface area contributed by atoms with E-state index in [0.717, 1.165) is 22.2 Å². The van der Waals surface area contributed by atoms with Gasteiger partial charge in [-0.1, -0.05) is 24.3 Å². The molecule has 0 saturated carbocycles. The smallest absolute Gasteiger partial charge is 0.326 e. The van der Waals surface area contributed by atoms with Gasteiger partial charge in [0.15, 0.2) is 6.61 Å². The number of hydrogen-bond donors (Lipinski definition) is 1. The average Bonchev–Trinajstić information content (AvgIpc) is 3.00. The standard InChI is InChI=1S/C24H24N2O6S/c1-15(2)32-22(28)13-26-23(29)20(33-24(26)30)12-17-7-9-19(10-8-17)31-14-21(27)25-18-6-4-5-16(3)11-18/h4-12,15H,13-14H2,1-3H3,(H,25,27)/b20-12+. The van der Waals surface area contributed by atoms with Crippen molar-refractivity contribution in [3.05, 3.63) is 64.6 Å². The van der Waals surface area contributed by atoms with Gasteiger partial charge in [-0.25, -0.2) is 0 Å². The van der Waals surface area contributed by atoms with Gasteiger partial charge in [0.2, 0.25) is 0 Å². The van der Waals surface area contributed by atoms with E-state index in [4.69, 9.17) is 9.47 Å². The third-order valence-electron chi connectivity index (χ3n) is 4.38. The summed E-state index contributed by atoms with van der Waals surface area (Å²) in [5.41, 5.74) is 2.41. The van der Waals surface area contributed by atoms with Crippen LogP contribution in [0.5, 0.6) is 5.75 Å². The summed E-state index contributed by atoms with van der Waals surface area (Å²) in [5, 5.41) is 2.24. The van der Waals surface area contributed by atoms with Gasteiger partial charge < -0.3 is 14.8 Å². The molecule has 1 aliphatic heterocycles. The summed E-state index contributed by atoms with van der Waals surface area (Å²) in [5.74, 6) is -0.981. The van der Waals surface area contributed by atoms with E-state index in [0.29, 0.717) is 17.0 Å². The quantitative estimate of drug-likeness (QED) is 0.461. The minimum absolute atomic E-state index is 0.154. The summed E-state index contributed by atoms with van der Waals surface area (Å²) in [7, 11) is 0. The number of rotatable bonds is 8. The molecule has 8 nitrogen and oxygen atoms in total. The molecule has 3 rings (SSSR count). The summed E-state index contributed by atoms with van der Waals surface area (Å²) in [4.78, 5) is 49.6. The Kier molecular flexibility index (Phi) is 7.89. The molecule has 0 aromatic heterocycles. The third-order valence-corrected chi connectivity index (χ3v) is 5.28. The van der Waals surface area contributed by atoms with E-state index in [-0.39, 0.29) is 23.5 Å². The Bertz CT molecular complexity index is 1090. The van der Waals surface area contributed by atoms with Gasteiger partial charge in [-0.2, -0.15) is 0 Å². The number of carbonyl (C=O) groups excluding carboxylic acids is 4. The molecule has 1 heterocycles. The van der Waals surface area contributed by atoms with Gasteiger partial charge >= 0.3 is 5.97 Å². The Labute approximate surface area is 195 Å². The molecule has 2 aromatic carbocycles. The van der Waals surface area contributed by atoms with Crippen molar-refractivity contribution >= 4 is 46.5 Å². The lowest BCUT2D eigenvalue weighted by atomic mass is 10.2. The van der Waals surface area contributed by atoms with Crippen LogP contribution in [0, 0.1) is 6.92 Å². The zero-order chi connectivity index (χ0) is 24.0. The van der Waals surface area contributed by atoms with Gasteiger partial charge in [0.25, 0.3) is 17.1 Å². The molecule has 0 spiro atoms. The monoisotopic (exact) mass is 468 g/mol. The topological polar surface area (TPSA) is 102 Å². The number of ether oxygens (including phenoxy) is 2. The number of hydrogen-bond acceptors (Lipinski definition) is 7. The fourth-order valence-electron chi connectivity index (χ4n) is 2.95. The largest absolute Gasteiger partial charge is 0.484 e. The van der Waals surface area contributed by atoms with Gasteiger partial charge in [0, 0.05) is 5.69 Å². The van der Waals surface area contributed by atoms with Crippen molar-refractivity contribution in [1.29, 1.82) is 0 Å². The van der Waals surface area contributed by atoms with E-state index in [1.165, 1.54) is 0 Å². The molecular weight excluding hydrogens is 444 g/mol. The molecule has 3 amide bonds. The number of amides is 3. The summed E-state index contributed by atoms with van der Waals surface area (Å²) in [6, 6.07) is 14.2. The van der Waals surface area contributed by atoms with E-state index in [1.54, 1.807) is 50.3 Å². The maximum Gasteiger partial charge on any atom is 0.326 e. The molecule has 1 saturated heterocycles. The number of benzene rings is 2. The normalized spacial score (nSPS) is 14.7. The Balaban J connectivity index is 1.55. The second kappa shape index (κ2) is 10.8. The SMILES string of the molecule is Cc1cccc(NC(=O)COc2ccc(/C=C3/SC(=O)N(CC(=O)OC(C)C)C3=O)cc2)c1. The minimum Gasteiger partial charge on any atom is -0.484 e. The van der Waals surface area contributed by atoms with E-state index < -0.39 is 23.7 Å². The van der Waals surface area contributed by atoms with Gasteiger partial charge in [0.05, 0.1) is 11.0 Å². The predicted molar refractivity (Wildman–Crippen MR) is 126 cm³/mol. The zero-order valence-electron chi connectivity index (χ0n) is 18.5. The number of nitrogens with one attached hydrogen (secondary N) is 1. The molecule has 33 heavy (non-hydrogen) atoms. The van der Waals surface area contributed by atoms with E-state index >= 15 is 0 Å². The minimum atomic E-state index is -0.638. The lowest BCUT2D eigenvalue weighted by molar-refractivity contribution is -0.149. The van der Waals surface area contributed by atoms with Crippen LogP contribution in [0.1, 0.15) is 25.0 Å². The Morgan fingerprint density at radius 3 is 2.52 bits per heavy atom. The molecular formula is C24H24N2O6S. The highest BCUT2D eigenvalue weighted by Crippen LogP contribution is 2.32. The molecule has 0 radical (unpaired) electrons. The predicted octanol–water partition coefficient (Wildman–Crippen LogP) is 4.00. The Morgan fingerprint density at radius 2 is 1.85 bits per heavy atom. The number of esters is 1. The molecule has 0 aliphatic carbocycles. The highest BCUT2D eigenvalue weighted by Gasteiger charge is 2.36. The molecule has 1 aliphatic rings. The van der Waals surface area contributed by atoms with Crippen molar-refractivity contribution in [1.82, 2.24) is 4.90 Å². The summed E-state index contributed by atoms with van der Waals surface area (Å²) < 4.78 is 10.5. The fraction of sp³-hybridized carbons (Fsp3) is 0.250. The first-order valence-electron chi connectivity index (χ1n) is 10.3. The lowest BCUT2D eigenvalue weighted by Crippen LogP contribution is -2.35. The highest BCUT2D eigenvalue weighted by atomic mass is 32.2. The molecule has 172 valence electrons. The van der Waals surface area contributed by atoms with E-state index in [9.17, 15) is 19.2 Å². The van der Waals surface area contributed by atoms with Crippen LogP contribution in [0.25, 0.3) is 6.08 Å². The molecule has 1 N–H and O–H groups in total. The van der Waals surface area contributed by atoms with Crippen LogP contribution in [-0.4, -0.2) is 47.2 Å². The fourth-order valence-corrected chi connectivity index (χ4v) is 3.78. The van der Waals surface area contributed by atoms with Gasteiger partial charge in [-0.3, -0.25) is 24.1 Å². The maximum absolute atomic E-state index is 12.5. The van der Waals surface area contributed by atoms with Crippen molar-refractivity contribution in [2.45, 2.75) is 26.9 Å². The Morgan fingerprint density at radius 1 is 1.12 bits per heavy atom. The molecule has 0 unspecified atom stereocenters. The van der Waals surface area contributed by atoms with Crippen molar-refractivity contribution in [2.75, 3.05) is 18.5 Å². The molecule has 9 heteroatoms. The summed E-state index contributed by atoms with van der Waals surface area (Å²) >= 11 is 0.764. The van der Waals surface area contributed by atoms with Crippen LogP contribution >= 0.6 is 11.8 Å². The first kappa shape index (κ1) is 24.1. The average molecular weight is 469 g/mol. The molecule has 0 atom stereocenters. The van der Waals surface area contributed by atoms with Crippen LogP contribution < -0.4 is 10.1 Å². The first-order valence-corrected chi connectivity index (χ1v) is 11.1. The van der Waals surface area contributed by atoms with Gasteiger partial charge in [0.1, 0.15) is 12.3 Å². The number of thioether (sulfide) groups is 1. The van der Waals surface area contributed by atoms with E-state index in [2.05, 4.69) is 5.32 Å². The zero-order valence-corrected chi connectivity index (χ0v) is 19.3. The molecule has 1 fully saturated rings. The molecule has 0 bridgehead atoms. The van der Waals surface area contributed by atoms with Gasteiger partial charge in [-0.15, -0.1) is 0 Å². The van der Waals surface area contributed by atoms with Crippen LogP contribution in [0.3, 0.4) is 0 Å². The lowest BCUT2D eigenvalue weighted by Gasteiger charge is -2.13. The maximum atomic E-state index is 12.5. The number of anilines is 1. The van der Waals surface area contributed by atoms with Crippen LogP contribution in [0.4, 0.5) is 10.5 Å². The van der Waals surface area contributed by atoms with Gasteiger partial charge in [-0.05, 0) is 74.0 Å². The molecule has 2 aromatic rings. The van der Waals surface area contributed by atoms with Crippen LogP contribution in [0.15, 0.2) is 53.4 Å².